The Hall–Kier alpha value is -2.51. The highest BCUT2D eigenvalue weighted by atomic mass is 16.6. The Morgan fingerprint density at radius 2 is 2.28 bits per heavy atom. The molecule has 0 aliphatic rings. The van der Waals surface area contributed by atoms with E-state index in [-0.39, 0.29) is 17.2 Å². The van der Waals surface area contributed by atoms with Crippen LogP contribution in [0.25, 0.3) is 11.3 Å². The summed E-state index contributed by atoms with van der Waals surface area (Å²) in [5.41, 5.74) is 0.720. The monoisotopic (exact) mass is 248 g/mol. The second kappa shape index (κ2) is 4.78. The van der Waals surface area contributed by atoms with Gasteiger partial charge >= 0.3 is 5.69 Å². The van der Waals surface area contributed by atoms with Crippen molar-refractivity contribution in [2.24, 2.45) is 7.05 Å². The van der Waals surface area contributed by atoms with Gasteiger partial charge in [-0.15, -0.1) is 0 Å². The van der Waals surface area contributed by atoms with Crippen LogP contribution in [0, 0.1) is 10.1 Å². The minimum atomic E-state index is -0.486. The normalized spacial score (nSPS) is 10.3. The van der Waals surface area contributed by atoms with Gasteiger partial charge in [0.05, 0.1) is 11.1 Å². The molecule has 0 radical (unpaired) electrons. The summed E-state index contributed by atoms with van der Waals surface area (Å²) in [5.74, 6) is 0.219. The third-order valence-electron chi connectivity index (χ3n) is 2.33. The van der Waals surface area contributed by atoms with Gasteiger partial charge in [-0.1, -0.05) is 0 Å². The topological polar surface area (TPSA) is 98.8 Å². The molecule has 94 valence electrons. The summed E-state index contributed by atoms with van der Waals surface area (Å²) >= 11 is 0. The van der Waals surface area contributed by atoms with Gasteiger partial charge in [0.1, 0.15) is 6.33 Å². The molecule has 0 aliphatic carbocycles. The summed E-state index contributed by atoms with van der Waals surface area (Å²) in [5, 5.41) is 18.0. The van der Waals surface area contributed by atoms with Gasteiger partial charge in [0.25, 0.3) is 0 Å². The smallest absolute Gasteiger partial charge is 0.337 e. The van der Waals surface area contributed by atoms with Gasteiger partial charge in [-0.25, -0.2) is 9.97 Å². The van der Waals surface area contributed by atoms with E-state index in [2.05, 4.69) is 20.4 Å². The van der Waals surface area contributed by atoms with Crippen LogP contribution in [0.15, 0.2) is 18.7 Å². The van der Waals surface area contributed by atoms with Crippen LogP contribution in [0.2, 0.25) is 0 Å². The molecule has 8 heteroatoms. The van der Waals surface area contributed by atoms with Gasteiger partial charge in [-0.2, -0.15) is 5.10 Å². The van der Waals surface area contributed by atoms with Crippen LogP contribution in [0.1, 0.15) is 6.92 Å². The van der Waals surface area contributed by atoms with Gasteiger partial charge in [0.2, 0.25) is 5.82 Å². The molecule has 2 rings (SSSR count). The first-order valence-corrected chi connectivity index (χ1v) is 5.35. The van der Waals surface area contributed by atoms with Gasteiger partial charge in [0.15, 0.2) is 5.69 Å². The van der Waals surface area contributed by atoms with E-state index in [1.807, 2.05) is 6.92 Å². The van der Waals surface area contributed by atoms with Gasteiger partial charge in [0, 0.05) is 25.4 Å². The summed E-state index contributed by atoms with van der Waals surface area (Å²) < 4.78 is 1.56. The quantitative estimate of drug-likeness (QED) is 0.645. The Balaban J connectivity index is 2.59. The van der Waals surface area contributed by atoms with E-state index in [0.29, 0.717) is 12.1 Å². The largest absolute Gasteiger partial charge is 0.365 e. The minimum Gasteiger partial charge on any atom is -0.365 e. The van der Waals surface area contributed by atoms with Crippen molar-refractivity contribution in [3.05, 3.63) is 28.8 Å². The predicted octanol–water partition coefficient (Wildman–Crippen LogP) is 1.22. The lowest BCUT2D eigenvalue weighted by atomic mass is 10.2. The molecule has 0 saturated heterocycles. The summed E-state index contributed by atoms with van der Waals surface area (Å²) in [6.07, 6.45) is 4.50. The number of anilines is 1. The summed E-state index contributed by atoms with van der Waals surface area (Å²) in [6, 6.07) is 0. The van der Waals surface area contributed by atoms with Crippen LogP contribution >= 0.6 is 0 Å². The predicted molar refractivity (Wildman–Crippen MR) is 65.1 cm³/mol. The van der Waals surface area contributed by atoms with Gasteiger partial charge < -0.3 is 5.32 Å². The maximum Gasteiger partial charge on any atom is 0.337 e. The van der Waals surface area contributed by atoms with E-state index in [1.165, 1.54) is 12.5 Å². The molecule has 0 amide bonds. The Morgan fingerprint density at radius 1 is 1.50 bits per heavy atom. The van der Waals surface area contributed by atoms with Gasteiger partial charge in [-0.05, 0) is 6.92 Å². The van der Waals surface area contributed by atoms with Gasteiger partial charge in [-0.3, -0.25) is 14.8 Å². The van der Waals surface area contributed by atoms with E-state index < -0.39 is 4.92 Å². The number of aromatic nitrogens is 4. The first-order valence-electron chi connectivity index (χ1n) is 5.35. The molecule has 0 aliphatic heterocycles. The highest BCUT2D eigenvalue weighted by Crippen LogP contribution is 2.32. The van der Waals surface area contributed by atoms with Crippen molar-refractivity contribution in [2.45, 2.75) is 6.92 Å². The highest BCUT2D eigenvalue weighted by Gasteiger charge is 2.24. The molecule has 1 N–H and O–H groups in total. The number of rotatable bonds is 4. The fourth-order valence-corrected chi connectivity index (χ4v) is 1.60. The van der Waals surface area contributed by atoms with Crippen molar-refractivity contribution >= 4 is 11.5 Å². The number of aryl methyl sites for hydroxylation is 1. The molecule has 0 fully saturated rings. The lowest BCUT2D eigenvalue weighted by molar-refractivity contribution is -0.383. The van der Waals surface area contributed by atoms with E-state index in [9.17, 15) is 10.1 Å². The highest BCUT2D eigenvalue weighted by molar-refractivity contribution is 5.75. The second-order valence-electron chi connectivity index (χ2n) is 3.61. The van der Waals surface area contributed by atoms with Crippen molar-refractivity contribution < 1.29 is 4.92 Å². The third-order valence-corrected chi connectivity index (χ3v) is 2.33. The lowest BCUT2D eigenvalue weighted by Crippen LogP contribution is -2.05. The number of hydrogen-bond donors (Lipinski definition) is 1. The first kappa shape index (κ1) is 12.0. The second-order valence-corrected chi connectivity index (χ2v) is 3.61. The molecule has 0 aromatic carbocycles. The Kier molecular flexibility index (Phi) is 3.18. The Morgan fingerprint density at radius 3 is 2.83 bits per heavy atom. The third kappa shape index (κ3) is 2.12. The standard InChI is InChI=1S/C10H12N6O2/c1-3-11-10-9(16(17)18)8(12-6-13-10)7-4-14-15(2)5-7/h4-6H,3H2,1-2H3,(H,11,12,13). The molecule has 0 atom stereocenters. The number of nitro groups is 1. The van der Waals surface area contributed by atoms with Crippen molar-refractivity contribution in [1.29, 1.82) is 0 Å². The van der Waals surface area contributed by atoms with Crippen molar-refractivity contribution in [3.8, 4) is 11.3 Å². The van der Waals surface area contributed by atoms with Crippen LogP contribution in [0.4, 0.5) is 11.5 Å². The molecule has 2 aromatic heterocycles. The summed E-state index contributed by atoms with van der Waals surface area (Å²) in [4.78, 5) is 18.5. The van der Waals surface area contributed by atoms with Crippen molar-refractivity contribution in [2.75, 3.05) is 11.9 Å². The SMILES string of the molecule is CCNc1ncnc(-c2cnn(C)c2)c1[N+](=O)[O-]. The lowest BCUT2D eigenvalue weighted by Gasteiger charge is -2.05. The molecular formula is C10H12N6O2. The van der Waals surface area contributed by atoms with Crippen LogP contribution in [-0.2, 0) is 7.05 Å². The van der Waals surface area contributed by atoms with E-state index in [4.69, 9.17) is 0 Å². The van der Waals surface area contributed by atoms with Crippen LogP contribution in [0.3, 0.4) is 0 Å². The zero-order valence-electron chi connectivity index (χ0n) is 9.99. The minimum absolute atomic E-state index is 0.132. The average molecular weight is 248 g/mol. The molecule has 2 heterocycles. The maximum atomic E-state index is 11.2. The number of nitrogens with one attached hydrogen (secondary N) is 1. The van der Waals surface area contributed by atoms with E-state index in [0.717, 1.165) is 0 Å². The van der Waals surface area contributed by atoms with Crippen LogP contribution in [-0.4, -0.2) is 31.2 Å². The van der Waals surface area contributed by atoms with Crippen molar-refractivity contribution in [1.82, 2.24) is 19.7 Å². The van der Waals surface area contributed by atoms with Crippen LogP contribution < -0.4 is 5.32 Å². The fraction of sp³-hybridized carbons (Fsp3) is 0.300. The molecule has 0 unspecified atom stereocenters. The fourth-order valence-electron chi connectivity index (χ4n) is 1.60. The first-order chi connectivity index (χ1) is 8.63. The molecule has 0 saturated carbocycles. The van der Waals surface area contributed by atoms with Crippen LogP contribution in [0.5, 0.6) is 0 Å². The van der Waals surface area contributed by atoms with E-state index in [1.54, 1.807) is 17.9 Å². The molecule has 0 spiro atoms. The van der Waals surface area contributed by atoms with Crippen molar-refractivity contribution in [3.63, 3.8) is 0 Å². The Labute approximate surface area is 103 Å². The van der Waals surface area contributed by atoms with E-state index >= 15 is 0 Å². The summed E-state index contributed by atoms with van der Waals surface area (Å²) in [6.45, 7) is 2.39. The average Bonchev–Trinajstić information content (AvgIpc) is 2.75. The molecule has 2 aromatic rings. The molecule has 8 nitrogen and oxygen atoms in total. The Bertz CT molecular complexity index is 579. The number of hydrogen-bond acceptors (Lipinski definition) is 6. The zero-order valence-corrected chi connectivity index (χ0v) is 9.99. The number of nitrogens with zero attached hydrogens (tertiary/aromatic N) is 5. The molecule has 18 heavy (non-hydrogen) atoms. The molecule has 0 bridgehead atoms. The zero-order chi connectivity index (χ0) is 13.1. The molecular weight excluding hydrogens is 236 g/mol. The maximum absolute atomic E-state index is 11.2. The summed E-state index contributed by atoms with van der Waals surface area (Å²) in [7, 11) is 1.74.